The zero-order chi connectivity index (χ0) is 20.3. The topological polar surface area (TPSA) is 97.2 Å². The Morgan fingerprint density at radius 2 is 2.25 bits per heavy atom. The van der Waals surface area contributed by atoms with Crippen LogP contribution in [0.1, 0.15) is 37.8 Å². The van der Waals surface area contributed by atoms with E-state index in [4.69, 9.17) is 10.5 Å². The molecule has 0 aliphatic carbocycles. The molecule has 1 aliphatic rings. The second-order valence-corrected chi connectivity index (χ2v) is 8.16. The molecule has 1 aromatic carbocycles. The fourth-order valence-electron chi connectivity index (χ4n) is 3.36. The molecule has 1 atom stereocenters. The highest BCUT2D eigenvalue weighted by Crippen LogP contribution is 2.22. The van der Waals surface area contributed by atoms with E-state index in [0.717, 1.165) is 29.4 Å². The SMILES string of the molecule is CC(C)Oc1cnc(N2CCC[C@@H](N)C2)n(Cc2cc(Br)ccc2C#N)c1=O. The summed E-state index contributed by atoms with van der Waals surface area (Å²) in [5, 5.41) is 9.46. The van der Waals surface area contributed by atoms with Gasteiger partial charge in [-0.2, -0.15) is 5.26 Å². The first-order valence-electron chi connectivity index (χ1n) is 9.34. The summed E-state index contributed by atoms with van der Waals surface area (Å²) >= 11 is 3.44. The minimum Gasteiger partial charge on any atom is -0.484 e. The normalized spacial score (nSPS) is 16.9. The Morgan fingerprint density at radius 1 is 1.46 bits per heavy atom. The number of hydrogen-bond donors (Lipinski definition) is 1. The molecule has 0 unspecified atom stereocenters. The molecule has 0 spiro atoms. The molecule has 0 bridgehead atoms. The number of piperidine rings is 1. The Morgan fingerprint density at radius 3 is 2.93 bits per heavy atom. The molecule has 2 aromatic rings. The van der Waals surface area contributed by atoms with E-state index in [1.54, 1.807) is 10.6 Å². The summed E-state index contributed by atoms with van der Waals surface area (Å²) in [4.78, 5) is 19.8. The number of nitrogens with two attached hydrogens (primary N) is 1. The van der Waals surface area contributed by atoms with E-state index in [-0.39, 0.29) is 30.0 Å². The fraction of sp³-hybridized carbons (Fsp3) is 0.450. The van der Waals surface area contributed by atoms with Crippen molar-refractivity contribution in [3.05, 3.63) is 50.3 Å². The minimum atomic E-state index is -0.262. The van der Waals surface area contributed by atoms with Crippen LogP contribution in [0.3, 0.4) is 0 Å². The summed E-state index contributed by atoms with van der Waals surface area (Å²) in [7, 11) is 0. The maximum Gasteiger partial charge on any atom is 0.297 e. The number of rotatable bonds is 5. The van der Waals surface area contributed by atoms with Crippen molar-refractivity contribution in [3.8, 4) is 11.8 Å². The number of benzene rings is 1. The van der Waals surface area contributed by atoms with Gasteiger partial charge in [-0.05, 0) is 50.5 Å². The molecule has 1 fully saturated rings. The number of hydrogen-bond acceptors (Lipinski definition) is 6. The number of halogens is 1. The van der Waals surface area contributed by atoms with Crippen molar-refractivity contribution in [1.82, 2.24) is 9.55 Å². The second-order valence-electron chi connectivity index (χ2n) is 7.24. The quantitative estimate of drug-likeness (QED) is 0.759. The zero-order valence-electron chi connectivity index (χ0n) is 16.1. The molecule has 0 saturated carbocycles. The lowest BCUT2D eigenvalue weighted by Gasteiger charge is -2.33. The van der Waals surface area contributed by atoms with Gasteiger partial charge in [0.2, 0.25) is 11.7 Å². The Balaban J connectivity index is 2.09. The zero-order valence-corrected chi connectivity index (χ0v) is 17.6. The average molecular weight is 446 g/mol. The van der Waals surface area contributed by atoms with E-state index in [0.29, 0.717) is 18.1 Å². The molecular formula is C20H24BrN5O2. The number of anilines is 1. The van der Waals surface area contributed by atoms with E-state index < -0.39 is 0 Å². The van der Waals surface area contributed by atoms with Crippen molar-refractivity contribution < 1.29 is 4.74 Å². The van der Waals surface area contributed by atoms with Gasteiger partial charge < -0.3 is 15.4 Å². The molecule has 0 amide bonds. The minimum absolute atomic E-state index is 0.0474. The van der Waals surface area contributed by atoms with Crippen molar-refractivity contribution >= 4 is 21.9 Å². The van der Waals surface area contributed by atoms with Crippen LogP contribution in [-0.4, -0.2) is 34.8 Å². The van der Waals surface area contributed by atoms with Gasteiger partial charge in [-0.25, -0.2) is 4.98 Å². The standard InChI is InChI=1S/C20H24BrN5O2/c1-13(2)28-18-10-24-20(25-7-3-4-17(23)12-25)26(19(18)27)11-15-8-16(21)6-5-14(15)9-22/h5-6,8,10,13,17H,3-4,7,11-12,23H2,1-2H3/t17-/m1/s1. The van der Waals surface area contributed by atoms with Crippen LogP contribution in [0.5, 0.6) is 5.75 Å². The molecule has 1 aromatic heterocycles. The highest BCUT2D eigenvalue weighted by atomic mass is 79.9. The summed E-state index contributed by atoms with van der Waals surface area (Å²) in [6.07, 6.45) is 3.25. The van der Waals surface area contributed by atoms with E-state index >= 15 is 0 Å². The molecule has 7 nitrogen and oxygen atoms in total. The smallest absolute Gasteiger partial charge is 0.297 e. The van der Waals surface area contributed by atoms with Crippen LogP contribution in [0.15, 0.2) is 33.7 Å². The Kier molecular flexibility index (Phi) is 6.37. The number of nitriles is 1. The molecule has 0 radical (unpaired) electrons. The second kappa shape index (κ2) is 8.76. The molecule has 28 heavy (non-hydrogen) atoms. The third-order valence-corrected chi connectivity index (χ3v) is 5.11. The first-order valence-corrected chi connectivity index (χ1v) is 10.1. The van der Waals surface area contributed by atoms with E-state index in [1.807, 2.05) is 30.9 Å². The maximum atomic E-state index is 13.2. The van der Waals surface area contributed by atoms with Gasteiger partial charge in [0.1, 0.15) is 0 Å². The lowest BCUT2D eigenvalue weighted by atomic mass is 10.1. The van der Waals surface area contributed by atoms with E-state index in [9.17, 15) is 10.1 Å². The third kappa shape index (κ3) is 4.54. The van der Waals surface area contributed by atoms with Crippen LogP contribution in [0.25, 0.3) is 0 Å². The first-order chi connectivity index (χ1) is 13.4. The average Bonchev–Trinajstić information content (AvgIpc) is 2.65. The van der Waals surface area contributed by atoms with Crippen LogP contribution in [0.4, 0.5) is 5.95 Å². The van der Waals surface area contributed by atoms with Gasteiger partial charge >= 0.3 is 0 Å². The Labute approximate surface area is 172 Å². The fourth-order valence-corrected chi connectivity index (χ4v) is 3.77. The lowest BCUT2D eigenvalue weighted by Crippen LogP contribution is -2.45. The van der Waals surface area contributed by atoms with Crippen molar-refractivity contribution in [2.75, 3.05) is 18.0 Å². The van der Waals surface area contributed by atoms with Crippen molar-refractivity contribution in [1.29, 1.82) is 5.26 Å². The number of nitrogens with zero attached hydrogens (tertiary/aromatic N) is 4. The lowest BCUT2D eigenvalue weighted by molar-refractivity contribution is 0.236. The summed E-state index contributed by atoms with van der Waals surface area (Å²) in [6, 6.07) is 7.65. The van der Waals surface area contributed by atoms with Gasteiger partial charge in [-0.15, -0.1) is 0 Å². The van der Waals surface area contributed by atoms with Gasteiger partial charge in [0.25, 0.3) is 5.56 Å². The van der Waals surface area contributed by atoms with Crippen molar-refractivity contribution in [3.63, 3.8) is 0 Å². The van der Waals surface area contributed by atoms with Gasteiger partial charge in [-0.3, -0.25) is 9.36 Å². The Bertz CT molecular complexity index is 951. The summed E-state index contributed by atoms with van der Waals surface area (Å²) in [6.45, 7) is 5.38. The van der Waals surface area contributed by atoms with E-state index in [1.165, 1.54) is 6.20 Å². The highest BCUT2D eigenvalue weighted by Gasteiger charge is 2.23. The number of aromatic nitrogens is 2. The van der Waals surface area contributed by atoms with Gasteiger partial charge in [0, 0.05) is 23.6 Å². The van der Waals surface area contributed by atoms with Gasteiger partial charge in [0.05, 0.1) is 30.5 Å². The van der Waals surface area contributed by atoms with Crippen LogP contribution in [0, 0.1) is 11.3 Å². The monoisotopic (exact) mass is 445 g/mol. The molecule has 8 heteroatoms. The summed E-state index contributed by atoms with van der Waals surface area (Å²) < 4.78 is 8.08. The molecule has 3 rings (SSSR count). The van der Waals surface area contributed by atoms with Gasteiger partial charge in [-0.1, -0.05) is 15.9 Å². The van der Waals surface area contributed by atoms with Crippen LogP contribution in [0.2, 0.25) is 0 Å². The van der Waals surface area contributed by atoms with Crippen LogP contribution in [-0.2, 0) is 6.54 Å². The van der Waals surface area contributed by atoms with Crippen LogP contribution >= 0.6 is 15.9 Å². The van der Waals surface area contributed by atoms with Crippen LogP contribution < -0.4 is 20.9 Å². The number of ether oxygens (including phenoxy) is 1. The molecular weight excluding hydrogens is 422 g/mol. The molecule has 148 valence electrons. The highest BCUT2D eigenvalue weighted by molar-refractivity contribution is 9.10. The van der Waals surface area contributed by atoms with Crippen molar-refractivity contribution in [2.24, 2.45) is 5.73 Å². The maximum absolute atomic E-state index is 13.2. The summed E-state index contributed by atoms with van der Waals surface area (Å²) in [5.74, 6) is 0.758. The van der Waals surface area contributed by atoms with E-state index in [2.05, 4.69) is 27.0 Å². The molecule has 2 heterocycles. The Hall–Kier alpha value is -2.37. The summed E-state index contributed by atoms with van der Waals surface area (Å²) in [5.41, 5.74) is 7.13. The van der Waals surface area contributed by atoms with Gasteiger partial charge in [0.15, 0.2) is 0 Å². The molecule has 1 saturated heterocycles. The predicted molar refractivity (Wildman–Crippen MR) is 112 cm³/mol. The molecule has 2 N–H and O–H groups in total. The third-order valence-electron chi connectivity index (χ3n) is 4.61. The molecule has 1 aliphatic heterocycles. The van der Waals surface area contributed by atoms with Crippen molar-refractivity contribution in [2.45, 2.75) is 45.4 Å². The largest absolute Gasteiger partial charge is 0.484 e. The predicted octanol–water partition coefficient (Wildman–Crippen LogP) is 2.64. The first kappa shape index (κ1) is 20.4.